The number of benzene rings is 1. The molecule has 1 saturated heterocycles. The average Bonchev–Trinajstić information content (AvgIpc) is 2.34. The molecule has 1 fully saturated rings. The van der Waals surface area contributed by atoms with Crippen molar-refractivity contribution in [3.05, 3.63) is 31.9 Å². The first-order valence-electron chi connectivity index (χ1n) is 5.53. The van der Waals surface area contributed by atoms with E-state index in [4.69, 9.17) is 0 Å². The lowest BCUT2D eigenvalue weighted by Gasteiger charge is -2.24. The summed E-state index contributed by atoms with van der Waals surface area (Å²) < 4.78 is 0.804. The third-order valence-corrected chi connectivity index (χ3v) is 3.68. The lowest BCUT2D eigenvalue weighted by atomic mass is 10.1. The molecule has 1 unspecified atom stereocenters. The van der Waals surface area contributed by atoms with Crippen molar-refractivity contribution in [3.8, 4) is 0 Å². The highest BCUT2D eigenvalue weighted by Gasteiger charge is 2.19. The molecule has 0 aromatic heterocycles. The van der Waals surface area contributed by atoms with Gasteiger partial charge < -0.3 is 10.6 Å². The SMILES string of the molecule is O=C1CCC(Nc2ccc([N+](=O)[O-])cc2I)CN1. The number of nitrogens with zero attached hydrogens (tertiary/aromatic N) is 1. The van der Waals surface area contributed by atoms with Crippen molar-refractivity contribution in [1.82, 2.24) is 5.32 Å². The van der Waals surface area contributed by atoms with Crippen LogP contribution in [0.15, 0.2) is 18.2 Å². The Kier molecular flexibility index (Phi) is 4.00. The highest BCUT2D eigenvalue weighted by atomic mass is 127. The maximum Gasteiger partial charge on any atom is 0.270 e. The van der Waals surface area contributed by atoms with E-state index in [0.29, 0.717) is 13.0 Å². The molecular formula is C11H12IN3O3. The molecule has 7 heteroatoms. The number of halogens is 1. The normalized spacial score (nSPS) is 19.2. The van der Waals surface area contributed by atoms with E-state index in [1.54, 1.807) is 6.07 Å². The predicted octanol–water partition coefficient (Wildman–Crippen LogP) is 1.89. The zero-order valence-electron chi connectivity index (χ0n) is 9.48. The van der Waals surface area contributed by atoms with Gasteiger partial charge in [-0.2, -0.15) is 0 Å². The summed E-state index contributed by atoms with van der Waals surface area (Å²) in [5.74, 6) is 0.0754. The molecule has 2 N–H and O–H groups in total. The largest absolute Gasteiger partial charge is 0.380 e. The van der Waals surface area contributed by atoms with Crippen molar-refractivity contribution in [2.45, 2.75) is 18.9 Å². The number of rotatable bonds is 3. The molecule has 1 aromatic rings. The van der Waals surface area contributed by atoms with Crippen LogP contribution in [0, 0.1) is 13.7 Å². The smallest absolute Gasteiger partial charge is 0.270 e. The minimum atomic E-state index is -0.410. The van der Waals surface area contributed by atoms with E-state index in [1.165, 1.54) is 12.1 Å². The molecule has 18 heavy (non-hydrogen) atoms. The number of nitro benzene ring substituents is 1. The molecule has 1 amide bonds. The fourth-order valence-corrected chi connectivity index (χ4v) is 2.47. The second kappa shape index (κ2) is 5.51. The van der Waals surface area contributed by atoms with Gasteiger partial charge in [0.1, 0.15) is 0 Å². The van der Waals surface area contributed by atoms with Gasteiger partial charge in [-0.05, 0) is 35.1 Å². The Balaban J connectivity index is 2.05. The number of piperidine rings is 1. The Morgan fingerprint density at radius 3 is 2.83 bits per heavy atom. The van der Waals surface area contributed by atoms with Gasteiger partial charge in [0.2, 0.25) is 5.91 Å². The van der Waals surface area contributed by atoms with Crippen LogP contribution in [0.1, 0.15) is 12.8 Å². The molecule has 6 nitrogen and oxygen atoms in total. The third-order valence-electron chi connectivity index (χ3n) is 2.79. The van der Waals surface area contributed by atoms with Gasteiger partial charge in [0.15, 0.2) is 0 Å². The van der Waals surface area contributed by atoms with Gasteiger partial charge in [-0.15, -0.1) is 0 Å². The van der Waals surface area contributed by atoms with E-state index in [1.807, 2.05) is 0 Å². The first-order valence-corrected chi connectivity index (χ1v) is 6.61. The van der Waals surface area contributed by atoms with Crippen molar-refractivity contribution in [1.29, 1.82) is 0 Å². The van der Waals surface area contributed by atoms with Gasteiger partial charge in [-0.1, -0.05) is 0 Å². The molecule has 1 atom stereocenters. The quantitative estimate of drug-likeness (QED) is 0.489. The van der Waals surface area contributed by atoms with E-state index in [9.17, 15) is 14.9 Å². The number of carbonyl (C=O) groups is 1. The molecule has 1 aromatic carbocycles. The molecular weight excluding hydrogens is 349 g/mol. The molecule has 1 heterocycles. The van der Waals surface area contributed by atoms with E-state index in [0.717, 1.165) is 15.7 Å². The summed E-state index contributed by atoms with van der Waals surface area (Å²) in [5, 5.41) is 16.7. The van der Waals surface area contributed by atoms with Gasteiger partial charge in [0.05, 0.1) is 4.92 Å². The number of nitrogens with one attached hydrogen (secondary N) is 2. The van der Waals surface area contributed by atoms with Crippen LogP contribution >= 0.6 is 22.6 Å². The van der Waals surface area contributed by atoms with Crippen molar-refractivity contribution in [3.63, 3.8) is 0 Å². The maximum atomic E-state index is 11.0. The van der Waals surface area contributed by atoms with Crippen molar-refractivity contribution in [2.24, 2.45) is 0 Å². The van der Waals surface area contributed by atoms with Gasteiger partial charge in [-0.3, -0.25) is 14.9 Å². The lowest BCUT2D eigenvalue weighted by molar-refractivity contribution is -0.384. The summed E-state index contributed by atoms with van der Waals surface area (Å²) in [6, 6.07) is 4.89. The zero-order valence-corrected chi connectivity index (χ0v) is 11.6. The van der Waals surface area contributed by atoms with Crippen LogP contribution < -0.4 is 10.6 Å². The van der Waals surface area contributed by atoms with Crippen LogP contribution in [0.25, 0.3) is 0 Å². The summed E-state index contributed by atoms with van der Waals surface area (Å²) >= 11 is 2.07. The predicted molar refractivity (Wildman–Crippen MR) is 75.5 cm³/mol. The number of carbonyl (C=O) groups excluding carboxylic acids is 1. The highest BCUT2D eigenvalue weighted by molar-refractivity contribution is 14.1. The average molecular weight is 361 g/mol. The topological polar surface area (TPSA) is 84.3 Å². The van der Waals surface area contributed by atoms with Gasteiger partial charge >= 0.3 is 0 Å². The minimum absolute atomic E-state index is 0.0754. The summed E-state index contributed by atoms with van der Waals surface area (Å²) in [4.78, 5) is 21.2. The Labute approximate surface area is 117 Å². The number of anilines is 1. The van der Waals surface area contributed by atoms with Crippen LogP contribution in [-0.4, -0.2) is 23.4 Å². The number of hydrogen-bond donors (Lipinski definition) is 2. The minimum Gasteiger partial charge on any atom is -0.380 e. The van der Waals surface area contributed by atoms with E-state index >= 15 is 0 Å². The molecule has 0 bridgehead atoms. The molecule has 1 aliphatic rings. The number of nitro groups is 1. The van der Waals surface area contributed by atoms with E-state index < -0.39 is 4.92 Å². The molecule has 0 saturated carbocycles. The first-order chi connectivity index (χ1) is 8.56. The molecule has 96 valence electrons. The fraction of sp³-hybridized carbons (Fsp3) is 0.364. The number of amides is 1. The molecule has 0 radical (unpaired) electrons. The Morgan fingerprint density at radius 2 is 2.28 bits per heavy atom. The second-order valence-electron chi connectivity index (χ2n) is 4.11. The molecule has 2 rings (SSSR count). The monoisotopic (exact) mass is 361 g/mol. The van der Waals surface area contributed by atoms with Crippen molar-refractivity contribution in [2.75, 3.05) is 11.9 Å². The summed E-state index contributed by atoms with van der Waals surface area (Å²) in [5.41, 5.74) is 0.948. The molecule has 0 aliphatic carbocycles. The number of non-ortho nitro benzene ring substituents is 1. The van der Waals surface area contributed by atoms with Gasteiger partial charge in [0, 0.05) is 40.4 Å². The fourth-order valence-electron chi connectivity index (χ4n) is 1.81. The van der Waals surface area contributed by atoms with Crippen LogP contribution in [0.3, 0.4) is 0 Å². The van der Waals surface area contributed by atoms with Crippen molar-refractivity contribution >= 4 is 39.9 Å². The Bertz CT molecular complexity index is 482. The number of hydrogen-bond acceptors (Lipinski definition) is 4. The van der Waals surface area contributed by atoms with Crippen LogP contribution in [0.4, 0.5) is 11.4 Å². The zero-order chi connectivity index (χ0) is 13.1. The lowest BCUT2D eigenvalue weighted by Crippen LogP contribution is -2.42. The van der Waals surface area contributed by atoms with Crippen LogP contribution in [-0.2, 0) is 4.79 Å². The summed E-state index contributed by atoms with van der Waals surface area (Å²) in [6.07, 6.45) is 1.29. The summed E-state index contributed by atoms with van der Waals surface area (Å²) in [7, 11) is 0. The highest BCUT2D eigenvalue weighted by Crippen LogP contribution is 2.25. The third kappa shape index (κ3) is 3.09. The van der Waals surface area contributed by atoms with Gasteiger partial charge in [0.25, 0.3) is 5.69 Å². The van der Waals surface area contributed by atoms with Crippen LogP contribution in [0.5, 0.6) is 0 Å². The molecule has 1 aliphatic heterocycles. The standard InChI is InChI=1S/C11H12IN3O3/c12-9-5-8(15(17)18)2-3-10(9)14-7-1-4-11(16)13-6-7/h2-3,5,7,14H,1,4,6H2,(H,13,16). The van der Waals surface area contributed by atoms with E-state index in [2.05, 4.69) is 33.2 Å². The Hall–Kier alpha value is -1.38. The van der Waals surface area contributed by atoms with Crippen LogP contribution in [0.2, 0.25) is 0 Å². The van der Waals surface area contributed by atoms with Crippen molar-refractivity contribution < 1.29 is 9.72 Å². The van der Waals surface area contributed by atoms with E-state index in [-0.39, 0.29) is 17.6 Å². The van der Waals surface area contributed by atoms with Gasteiger partial charge in [-0.25, -0.2) is 0 Å². The summed E-state index contributed by atoms with van der Waals surface area (Å²) in [6.45, 7) is 0.589. The Morgan fingerprint density at radius 1 is 1.50 bits per heavy atom. The maximum absolute atomic E-state index is 11.0. The molecule has 0 spiro atoms. The second-order valence-corrected chi connectivity index (χ2v) is 5.27. The first kappa shape index (κ1) is 13.1.